The summed E-state index contributed by atoms with van der Waals surface area (Å²) in [5.41, 5.74) is 5.51. The van der Waals surface area contributed by atoms with Gasteiger partial charge in [0.05, 0.1) is 6.61 Å². The van der Waals surface area contributed by atoms with Gasteiger partial charge in [0.15, 0.2) is 5.16 Å². The van der Waals surface area contributed by atoms with Gasteiger partial charge < -0.3 is 15.0 Å². The van der Waals surface area contributed by atoms with Gasteiger partial charge in [-0.1, -0.05) is 11.8 Å². The third kappa shape index (κ3) is 3.84. The molecule has 1 fully saturated rings. The van der Waals surface area contributed by atoms with Gasteiger partial charge in [-0.15, -0.1) is 22.6 Å². The number of nitrogens with two attached hydrogens (primary N) is 1. The van der Waals surface area contributed by atoms with Crippen molar-refractivity contribution in [3.05, 3.63) is 5.82 Å². The van der Waals surface area contributed by atoms with Crippen molar-refractivity contribution in [3.63, 3.8) is 0 Å². The predicted molar refractivity (Wildman–Crippen MR) is 70.7 cm³/mol. The standard InChI is InChI=1S/C10H18N4OS.ClH/c1-14-9(2-4-11)12-13-10(14)16-7-8-3-5-15-6-8;/h8H,2-7,11H2,1H3;1H. The first-order chi connectivity index (χ1) is 7.81. The second-order valence-electron chi connectivity index (χ2n) is 4.04. The molecule has 0 amide bonds. The van der Waals surface area contributed by atoms with E-state index in [1.807, 2.05) is 11.6 Å². The number of ether oxygens (including phenoxy) is 1. The molecule has 1 aliphatic heterocycles. The van der Waals surface area contributed by atoms with Gasteiger partial charge in [0.25, 0.3) is 0 Å². The molecule has 0 saturated carbocycles. The topological polar surface area (TPSA) is 66.0 Å². The molecule has 1 aromatic rings. The number of nitrogens with zero attached hydrogens (tertiary/aromatic N) is 3. The maximum Gasteiger partial charge on any atom is 0.190 e. The SMILES string of the molecule is Cl.Cn1c(CCN)nnc1SCC1CCOC1. The predicted octanol–water partition coefficient (Wildman–Crippen LogP) is 0.867. The van der Waals surface area contributed by atoms with Crippen LogP contribution in [0.4, 0.5) is 0 Å². The fourth-order valence-corrected chi connectivity index (χ4v) is 2.77. The van der Waals surface area contributed by atoms with Crippen LogP contribution in [0.25, 0.3) is 0 Å². The third-order valence-electron chi connectivity index (χ3n) is 2.77. The van der Waals surface area contributed by atoms with Crippen molar-refractivity contribution < 1.29 is 4.74 Å². The Balaban J connectivity index is 0.00000144. The highest BCUT2D eigenvalue weighted by atomic mass is 35.5. The Bertz CT molecular complexity index is 341. The van der Waals surface area contributed by atoms with Gasteiger partial charge in [-0.05, 0) is 18.9 Å². The van der Waals surface area contributed by atoms with E-state index in [2.05, 4.69) is 10.2 Å². The molecular formula is C10H19ClN4OS. The minimum atomic E-state index is 0. The van der Waals surface area contributed by atoms with Crippen LogP contribution >= 0.6 is 24.2 Å². The van der Waals surface area contributed by atoms with Gasteiger partial charge in [0, 0.05) is 25.8 Å². The van der Waals surface area contributed by atoms with Crippen molar-refractivity contribution in [2.45, 2.75) is 18.0 Å². The lowest BCUT2D eigenvalue weighted by molar-refractivity contribution is 0.189. The van der Waals surface area contributed by atoms with Crippen LogP contribution in [0.5, 0.6) is 0 Å². The fourth-order valence-electron chi connectivity index (χ4n) is 1.72. The summed E-state index contributed by atoms with van der Waals surface area (Å²) in [4.78, 5) is 0. The minimum absolute atomic E-state index is 0. The molecule has 1 aromatic heterocycles. The van der Waals surface area contributed by atoms with Gasteiger partial charge >= 0.3 is 0 Å². The lowest BCUT2D eigenvalue weighted by Gasteiger charge is -2.06. The zero-order chi connectivity index (χ0) is 11.4. The van der Waals surface area contributed by atoms with Crippen molar-refractivity contribution in [1.29, 1.82) is 0 Å². The van der Waals surface area contributed by atoms with Crippen molar-refractivity contribution >= 4 is 24.2 Å². The maximum absolute atomic E-state index is 5.51. The Morgan fingerprint density at radius 2 is 2.35 bits per heavy atom. The average molecular weight is 279 g/mol. The van der Waals surface area contributed by atoms with E-state index in [9.17, 15) is 0 Å². The molecule has 1 saturated heterocycles. The van der Waals surface area contributed by atoms with Gasteiger partial charge in [-0.25, -0.2) is 0 Å². The molecule has 1 unspecified atom stereocenters. The normalized spacial score (nSPS) is 19.3. The first-order valence-electron chi connectivity index (χ1n) is 5.60. The van der Waals surface area contributed by atoms with E-state index in [1.165, 1.54) is 6.42 Å². The molecule has 1 aliphatic rings. The molecule has 0 bridgehead atoms. The van der Waals surface area contributed by atoms with E-state index in [-0.39, 0.29) is 12.4 Å². The van der Waals surface area contributed by atoms with Crippen LogP contribution in [0.2, 0.25) is 0 Å². The zero-order valence-electron chi connectivity index (χ0n) is 9.96. The van der Waals surface area contributed by atoms with Crippen LogP contribution in [-0.4, -0.2) is 40.3 Å². The van der Waals surface area contributed by atoms with Gasteiger partial charge in [0.1, 0.15) is 5.82 Å². The number of aromatic nitrogens is 3. The number of rotatable bonds is 5. The summed E-state index contributed by atoms with van der Waals surface area (Å²) >= 11 is 1.76. The third-order valence-corrected chi connectivity index (χ3v) is 4.02. The Morgan fingerprint density at radius 3 is 3.00 bits per heavy atom. The number of hydrogen-bond donors (Lipinski definition) is 1. The molecule has 2 heterocycles. The molecule has 2 N–H and O–H groups in total. The highest BCUT2D eigenvalue weighted by Gasteiger charge is 2.17. The van der Waals surface area contributed by atoms with Gasteiger partial charge in [0.2, 0.25) is 0 Å². The van der Waals surface area contributed by atoms with E-state index in [0.717, 1.165) is 36.4 Å². The van der Waals surface area contributed by atoms with Crippen molar-refractivity contribution in [3.8, 4) is 0 Å². The summed E-state index contributed by atoms with van der Waals surface area (Å²) < 4.78 is 7.38. The summed E-state index contributed by atoms with van der Waals surface area (Å²) in [6.45, 7) is 2.41. The molecular weight excluding hydrogens is 260 g/mol. The molecule has 1 atom stereocenters. The van der Waals surface area contributed by atoms with Gasteiger partial charge in [-0.2, -0.15) is 0 Å². The quantitative estimate of drug-likeness (QED) is 0.810. The Kier molecular flexibility index (Phi) is 6.26. The summed E-state index contributed by atoms with van der Waals surface area (Å²) in [6, 6.07) is 0. The number of hydrogen-bond acceptors (Lipinski definition) is 5. The van der Waals surface area contributed by atoms with Crippen LogP contribution in [0.1, 0.15) is 12.2 Å². The first-order valence-corrected chi connectivity index (χ1v) is 6.58. The Morgan fingerprint density at radius 1 is 1.53 bits per heavy atom. The molecule has 0 radical (unpaired) electrons. The van der Waals surface area contributed by atoms with Crippen LogP contribution in [0.3, 0.4) is 0 Å². The van der Waals surface area contributed by atoms with Crippen LogP contribution in [-0.2, 0) is 18.2 Å². The molecule has 0 aliphatic carbocycles. The first kappa shape index (κ1) is 14.8. The fraction of sp³-hybridized carbons (Fsp3) is 0.800. The lowest BCUT2D eigenvalue weighted by Crippen LogP contribution is -2.08. The summed E-state index contributed by atoms with van der Waals surface area (Å²) in [5, 5.41) is 9.29. The average Bonchev–Trinajstić information content (AvgIpc) is 2.89. The zero-order valence-corrected chi connectivity index (χ0v) is 11.6. The van der Waals surface area contributed by atoms with E-state index in [1.54, 1.807) is 11.8 Å². The van der Waals surface area contributed by atoms with Gasteiger partial charge in [-0.3, -0.25) is 0 Å². The molecule has 5 nitrogen and oxygen atoms in total. The molecule has 98 valence electrons. The summed E-state index contributed by atoms with van der Waals surface area (Å²) in [5.74, 6) is 2.70. The molecule has 17 heavy (non-hydrogen) atoms. The maximum atomic E-state index is 5.51. The largest absolute Gasteiger partial charge is 0.381 e. The Hall–Kier alpha value is -0.300. The minimum Gasteiger partial charge on any atom is -0.381 e. The second-order valence-corrected chi connectivity index (χ2v) is 5.02. The van der Waals surface area contributed by atoms with E-state index >= 15 is 0 Å². The molecule has 0 aromatic carbocycles. The van der Waals surface area contributed by atoms with E-state index in [0.29, 0.717) is 12.5 Å². The lowest BCUT2D eigenvalue weighted by atomic mass is 10.2. The number of thioether (sulfide) groups is 1. The second kappa shape index (κ2) is 7.20. The van der Waals surface area contributed by atoms with Crippen molar-refractivity contribution in [1.82, 2.24) is 14.8 Å². The van der Waals surface area contributed by atoms with Crippen molar-refractivity contribution in [2.24, 2.45) is 18.7 Å². The smallest absolute Gasteiger partial charge is 0.190 e. The van der Waals surface area contributed by atoms with Crippen LogP contribution in [0.15, 0.2) is 5.16 Å². The van der Waals surface area contributed by atoms with E-state index < -0.39 is 0 Å². The highest BCUT2D eigenvalue weighted by molar-refractivity contribution is 7.99. The van der Waals surface area contributed by atoms with Crippen LogP contribution < -0.4 is 5.73 Å². The molecule has 2 rings (SSSR count). The monoisotopic (exact) mass is 278 g/mol. The van der Waals surface area contributed by atoms with Crippen molar-refractivity contribution in [2.75, 3.05) is 25.5 Å². The molecule has 7 heteroatoms. The Labute approximate surface area is 112 Å². The summed E-state index contributed by atoms with van der Waals surface area (Å²) in [7, 11) is 2.00. The highest BCUT2D eigenvalue weighted by Crippen LogP contribution is 2.23. The molecule has 0 spiro atoms. The van der Waals surface area contributed by atoms with E-state index in [4.69, 9.17) is 10.5 Å². The summed E-state index contributed by atoms with van der Waals surface area (Å²) in [6.07, 6.45) is 1.96. The number of halogens is 1. The van der Waals surface area contributed by atoms with Crippen LogP contribution in [0, 0.1) is 5.92 Å².